The first-order valence-electron chi connectivity index (χ1n) is 4.34. The van der Waals surface area contributed by atoms with E-state index in [0.717, 1.165) is 17.7 Å². The second-order valence-electron chi connectivity index (χ2n) is 3.67. The second kappa shape index (κ2) is 2.45. The van der Waals surface area contributed by atoms with Crippen LogP contribution in [0.3, 0.4) is 0 Å². The van der Waals surface area contributed by atoms with E-state index in [4.69, 9.17) is 4.74 Å². The van der Waals surface area contributed by atoms with E-state index in [0.29, 0.717) is 0 Å². The standard InChI is InChI=1S/C10H13NO2/c1-6-4-8-9(12)11-7(2)5-10(6,8)13-3/h5,8H,1,4H2,2-3H3,(H,11,12)/t8-,10+/m1/s1. The Morgan fingerprint density at radius 1 is 1.77 bits per heavy atom. The number of methoxy groups -OCH3 is 1. The van der Waals surface area contributed by atoms with Gasteiger partial charge >= 0.3 is 0 Å². The average Bonchev–Trinajstić information content (AvgIpc) is 2.08. The van der Waals surface area contributed by atoms with Crippen molar-refractivity contribution in [3.8, 4) is 0 Å². The normalized spacial score (nSPS) is 37.4. The maximum absolute atomic E-state index is 11.5. The molecule has 0 aromatic heterocycles. The van der Waals surface area contributed by atoms with E-state index >= 15 is 0 Å². The van der Waals surface area contributed by atoms with Gasteiger partial charge in [0.05, 0.1) is 5.92 Å². The summed E-state index contributed by atoms with van der Waals surface area (Å²) < 4.78 is 5.39. The van der Waals surface area contributed by atoms with Gasteiger partial charge in [-0.2, -0.15) is 0 Å². The van der Waals surface area contributed by atoms with Crippen molar-refractivity contribution >= 4 is 5.91 Å². The number of carbonyl (C=O) groups is 1. The molecule has 1 saturated carbocycles. The van der Waals surface area contributed by atoms with Crippen LogP contribution < -0.4 is 5.32 Å². The lowest BCUT2D eigenvalue weighted by molar-refractivity contribution is -0.138. The maximum atomic E-state index is 11.5. The van der Waals surface area contributed by atoms with E-state index in [1.165, 1.54) is 0 Å². The monoisotopic (exact) mass is 179 g/mol. The summed E-state index contributed by atoms with van der Waals surface area (Å²) in [5.41, 5.74) is 1.34. The smallest absolute Gasteiger partial charge is 0.231 e. The van der Waals surface area contributed by atoms with Crippen molar-refractivity contribution in [2.75, 3.05) is 7.11 Å². The van der Waals surface area contributed by atoms with E-state index in [1.54, 1.807) is 7.11 Å². The van der Waals surface area contributed by atoms with Crippen LogP contribution in [0.2, 0.25) is 0 Å². The molecule has 3 heteroatoms. The Labute approximate surface area is 77.5 Å². The first-order valence-corrected chi connectivity index (χ1v) is 4.34. The van der Waals surface area contributed by atoms with Gasteiger partial charge in [-0.1, -0.05) is 6.58 Å². The molecule has 0 radical (unpaired) electrons. The van der Waals surface area contributed by atoms with Crippen LogP contribution in [-0.4, -0.2) is 18.6 Å². The summed E-state index contributed by atoms with van der Waals surface area (Å²) in [5, 5.41) is 2.79. The fraction of sp³-hybridized carbons (Fsp3) is 0.500. The van der Waals surface area contributed by atoms with Crippen LogP contribution in [0.4, 0.5) is 0 Å². The van der Waals surface area contributed by atoms with E-state index < -0.39 is 5.60 Å². The number of nitrogens with one attached hydrogen (secondary N) is 1. The van der Waals surface area contributed by atoms with Gasteiger partial charge in [0, 0.05) is 12.8 Å². The second-order valence-corrected chi connectivity index (χ2v) is 3.67. The minimum absolute atomic E-state index is 0.0502. The predicted octanol–water partition coefficient (Wildman–Crippen LogP) is 0.981. The summed E-state index contributed by atoms with van der Waals surface area (Å²) in [4.78, 5) is 11.5. The van der Waals surface area contributed by atoms with Crippen molar-refractivity contribution in [3.63, 3.8) is 0 Å². The molecule has 2 atom stereocenters. The molecule has 1 amide bonds. The molecule has 2 rings (SSSR count). The van der Waals surface area contributed by atoms with E-state index in [1.807, 2.05) is 13.0 Å². The first kappa shape index (κ1) is 8.51. The van der Waals surface area contributed by atoms with Crippen LogP contribution in [0, 0.1) is 5.92 Å². The molecule has 1 N–H and O–H groups in total. The summed E-state index contributed by atoms with van der Waals surface area (Å²) in [7, 11) is 1.62. The van der Waals surface area contributed by atoms with Crippen molar-refractivity contribution < 1.29 is 9.53 Å². The minimum atomic E-state index is -0.508. The number of fused-ring (bicyclic) bond motifs is 1. The molecule has 1 aliphatic carbocycles. The van der Waals surface area contributed by atoms with Gasteiger partial charge in [0.25, 0.3) is 0 Å². The number of rotatable bonds is 1. The van der Waals surface area contributed by atoms with Crippen LogP contribution in [0.5, 0.6) is 0 Å². The highest BCUT2D eigenvalue weighted by Crippen LogP contribution is 2.48. The SMILES string of the molecule is C=C1C[C@@H]2C(=O)NC(C)=C[C@]12OC. The largest absolute Gasteiger partial charge is 0.369 e. The molecule has 1 fully saturated rings. The van der Waals surface area contributed by atoms with Crippen molar-refractivity contribution in [1.82, 2.24) is 5.32 Å². The van der Waals surface area contributed by atoms with Gasteiger partial charge in [0.1, 0.15) is 5.60 Å². The molecular formula is C10H13NO2. The van der Waals surface area contributed by atoms with Crippen LogP contribution in [0.1, 0.15) is 13.3 Å². The van der Waals surface area contributed by atoms with E-state index in [-0.39, 0.29) is 11.8 Å². The fourth-order valence-corrected chi connectivity index (χ4v) is 2.15. The number of ether oxygens (including phenoxy) is 1. The van der Waals surface area contributed by atoms with E-state index in [9.17, 15) is 4.79 Å². The Kier molecular flexibility index (Phi) is 1.60. The highest BCUT2D eigenvalue weighted by Gasteiger charge is 2.54. The molecular weight excluding hydrogens is 166 g/mol. The molecule has 1 aliphatic heterocycles. The highest BCUT2D eigenvalue weighted by molar-refractivity contribution is 5.87. The van der Waals surface area contributed by atoms with Gasteiger partial charge < -0.3 is 10.1 Å². The molecule has 13 heavy (non-hydrogen) atoms. The van der Waals surface area contributed by atoms with Crippen molar-refractivity contribution in [2.24, 2.45) is 5.92 Å². The zero-order valence-electron chi connectivity index (χ0n) is 7.89. The Morgan fingerprint density at radius 3 is 3.00 bits per heavy atom. The van der Waals surface area contributed by atoms with Crippen LogP contribution in [0.25, 0.3) is 0 Å². The molecule has 0 spiro atoms. The third-order valence-electron chi connectivity index (χ3n) is 2.93. The van der Waals surface area contributed by atoms with Gasteiger partial charge in [-0.25, -0.2) is 0 Å². The zero-order chi connectivity index (χ0) is 9.64. The predicted molar refractivity (Wildman–Crippen MR) is 48.9 cm³/mol. The van der Waals surface area contributed by atoms with Crippen LogP contribution >= 0.6 is 0 Å². The Balaban J connectivity index is 2.43. The Bertz CT molecular complexity index is 319. The number of allylic oxidation sites excluding steroid dienone is 1. The van der Waals surface area contributed by atoms with Gasteiger partial charge in [0.2, 0.25) is 5.91 Å². The summed E-state index contributed by atoms with van der Waals surface area (Å²) >= 11 is 0. The van der Waals surface area contributed by atoms with Gasteiger partial charge in [-0.3, -0.25) is 4.79 Å². The third kappa shape index (κ3) is 0.907. The maximum Gasteiger partial charge on any atom is 0.231 e. The molecule has 1 heterocycles. The number of carbonyl (C=O) groups excluding carboxylic acids is 1. The summed E-state index contributed by atoms with van der Waals surface area (Å²) in [6, 6.07) is 0. The quantitative estimate of drug-likeness (QED) is 0.609. The van der Waals surface area contributed by atoms with E-state index in [2.05, 4.69) is 11.9 Å². The first-order chi connectivity index (χ1) is 6.10. The average molecular weight is 179 g/mol. The number of hydrogen-bond donors (Lipinski definition) is 1. The van der Waals surface area contributed by atoms with Gasteiger partial charge in [0.15, 0.2) is 0 Å². The van der Waals surface area contributed by atoms with Crippen molar-refractivity contribution in [3.05, 3.63) is 23.9 Å². The van der Waals surface area contributed by atoms with Gasteiger partial charge in [-0.05, 0) is 25.0 Å². The molecule has 0 saturated heterocycles. The molecule has 2 aliphatic rings. The van der Waals surface area contributed by atoms with Crippen LogP contribution in [-0.2, 0) is 9.53 Å². The van der Waals surface area contributed by atoms with Crippen molar-refractivity contribution in [1.29, 1.82) is 0 Å². The Morgan fingerprint density at radius 2 is 2.46 bits per heavy atom. The lowest BCUT2D eigenvalue weighted by atomic mass is 9.63. The topological polar surface area (TPSA) is 38.3 Å². The lowest BCUT2D eigenvalue weighted by Crippen LogP contribution is -2.59. The third-order valence-corrected chi connectivity index (χ3v) is 2.93. The molecule has 0 bridgehead atoms. The Hall–Kier alpha value is -1.09. The lowest BCUT2D eigenvalue weighted by Gasteiger charge is -2.49. The fourth-order valence-electron chi connectivity index (χ4n) is 2.15. The zero-order valence-corrected chi connectivity index (χ0v) is 7.89. The highest BCUT2D eigenvalue weighted by atomic mass is 16.5. The molecule has 3 nitrogen and oxygen atoms in total. The van der Waals surface area contributed by atoms with Crippen LogP contribution in [0.15, 0.2) is 23.9 Å². The summed E-state index contributed by atoms with van der Waals surface area (Å²) in [6.07, 6.45) is 2.69. The molecule has 0 aromatic carbocycles. The molecule has 0 aromatic rings. The summed E-state index contributed by atoms with van der Waals surface area (Å²) in [5.74, 6) is -0.0250. The minimum Gasteiger partial charge on any atom is -0.369 e. The number of amides is 1. The molecule has 70 valence electrons. The van der Waals surface area contributed by atoms with Gasteiger partial charge in [-0.15, -0.1) is 0 Å². The molecule has 0 unspecified atom stereocenters. The van der Waals surface area contributed by atoms with Crippen molar-refractivity contribution in [2.45, 2.75) is 18.9 Å². The summed E-state index contributed by atoms with van der Waals surface area (Å²) in [6.45, 7) is 5.77. The number of hydrogen-bond acceptors (Lipinski definition) is 2.